The third-order valence-corrected chi connectivity index (χ3v) is 9.44. The van der Waals surface area contributed by atoms with Crippen molar-refractivity contribution in [3.8, 4) is 11.5 Å². The zero-order valence-electron chi connectivity index (χ0n) is 19.8. The predicted octanol–water partition coefficient (Wildman–Crippen LogP) is 3.05. The summed E-state index contributed by atoms with van der Waals surface area (Å²) in [5, 5.41) is 3.26. The SMILES string of the molecule is COc1ccc(S[C@@H]2C[C@@H](C(=O)N[C@H]3CCS(=O)(=O)C3)N(Cc3ccc(OC)c(C)c3)C2)cc1. The van der Waals surface area contributed by atoms with Gasteiger partial charge in [-0.05, 0) is 61.2 Å². The highest BCUT2D eigenvalue weighted by Gasteiger charge is 2.39. The fraction of sp³-hybridized carbons (Fsp3) is 0.480. The maximum atomic E-state index is 13.3. The molecule has 0 spiro atoms. The molecular weight excluding hydrogens is 472 g/mol. The van der Waals surface area contributed by atoms with Crippen LogP contribution in [0.2, 0.25) is 0 Å². The van der Waals surface area contributed by atoms with Gasteiger partial charge in [0.05, 0.1) is 31.8 Å². The Kier molecular flexibility index (Phi) is 7.74. The maximum Gasteiger partial charge on any atom is 0.237 e. The largest absolute Gasteiger partial charge is 0.497 e. The average Bonchev–Trinajstić information content (AvgIpc) is 3.36. The zero-order valence-corrected chi connectivity index (χ0v) is 21.5. The third-order valence-electron chi connectivity index (χ3n) is 6.45. The molecular formula is C25H32N2O5S2. The summed E-state index contributed by atoms with van der Waals surface area (Å²) in [5.41, 5.74) is 2.18. The van der Waals surface area contributed by atoms with E-state index in [1.807, 2.05) is 43.3 Å². The van der Waals surface area contributed by atoms with E-state index < -0.39 is 9.84 Å². The number of sulfone groups is 1. The number of carbonyl (C=O) groups excluding carboxylic acids is 1. The molecule has 0 bridgehead atoms. The number of carbonyl (C=O) groups is 1. The second-order valence-corrected chi connectivity index (χ2v) is 12.6. The minimum atomic E-state index is -3.05. The van der Waals surface area contributed by atoms with Crippen molar-refractivity contribution < 1.29 is 22.7 Å². The van der Waals surface area contributed by atoms with E-state index in [4.69, 9.17) is 9.47 Å². The number of hydrogen-bond acceptors (Lipinski definition) is 7. The Bertz CT molecular complexity index is 1120. The Hall–Kier alpha value is -2.23. The number of thioether (sulfide) groups is 1. The van der Waals surface area contributed by atoms with Gasteiger partial charge < -0.3 is 14.8 Å². The number of rotatable bonds is 8. The number of nitrogens with zero attached hydrogens (tertiary/aromatic N) is 1. The van der Waals surface area contributed by atoms with Gasteiger partial charge in [0, 0.05) is 29.3 Å². The van der Waals surface area contributed by atoms with Gasteiger partial charge in [-0.25, -0.2) is 8.42 Å². The second-order valence-electron chi connectivity index (χ2n) is 9.01. The minimum Gasteiger partial charge on any atom is -0.497 e. The highest BCUT2D eigenvalue weighted by molar-refractivity contribution is 8.00. The van der Waals surface area contributed by atoms with E-state index in [9.17, 15) is 13.2 Å². The number of amides is 1. The standard InChI is InChI=1S/C25H32N2O5S2/c1-17-12-18(4-9-24(17)32-3)14-27-15-22(33-21-7-5-20(31-2)6-8-21)13-23(27)25(28)26-19-10-11-34(29,30)16-19/h4-9,12,19,22-23H,10-11,13-16H2,1-3H3,(H,26,28)/t19-,22+,23-/m0/s1. The van der Waals surface area contributed by atoms with Crippen LogP contribution in [0.15, 0.2) is 47.4 Å². The lowest BCUT2D eigenvalue weighted by Crippen LogP contribution is -2.47. The van der Waals surface area contributed by atoms with Gasteiger partial charge in [-0.3, -0.25) is 9.69 Å². The molecule has 1 amide bonds. The van der Waals surface area contributed by atoms with Crippen molar-refractivity contribution in [2.24, 2.45) is 0 Å². The number of likely N-dealkylation sites (tertiary alicyclic amines) is 1. The molecule has 0 radical (unpaired) electrons. The van der Waals surface area contributed by atoms with Gasteiger partial charge in [-0.2, -0.15) is 0 Å². The topological polar surface area (TPSA) is 84.9 Å². The van der Waals surface area contributed by atoms with Crippen molar-refractivity contribution in [1.29, 1.82) is 0 Å². The van der Waals surface area contributed by atoms with E-state index in [0.29, 0.717) is 19.4 Å². The van der Waals surface area contributed by atoms with Gasteiger partial charge in [0.1, 0.15) is 11.5 Å². The van der Waals surface area contributed by atoms with Crippen LogP contribution in [0.5, 0.6) is 11.5 Å². The van der Waals surface area contributed by atoms with Crippen LogP contribution in [0.25, 0.3) is 0 Å². The molecule has 2 fully saturated rings. The first kappa shape index (κ1) is 24.9. The molecule has 0 aromatic heterocycles. The maximum absolute atomic E-state index is 13.3. The number of aryl methyl sites for hydroxylation is 1. The van der Waals surface area contributed by atoms with E-state index >= 15 is 0 Å². The summed E-state index contributed by atoms with van der Waals surface area (Å²) in [5.74, 6) is 1.76. The van der Waals surface area contributed by atoms with E-state index in [1.165, 1.54) is 0 Å². The minimum absolute atomic E-state index is 0.0349. The zero-order chi connectivity index (χ0) is 24.3. The molecule has 2 aliphatic heterocycles. The summed E-state index contributed by atoms with van der Waals surface area (Å²) in [7, 11) is 0.259. The van der Waals surface area contributed by atoms with Gasteiger partial charge in [-0.15, -0.1) is 11.8 Å². The Morgan fingerprint density at radius 1 is 1.15 bits per heavy atom. The lowest BCUT2D eigenvalue weighted by molar-refractivity contribution is -0.126. The summed E-state index contributed by atoms with van der Waals surface area (Å²) in [6.07, 6.45) is 1.19. The van der Waals surface area contributed by atoms with Gasteiger partial charge in [0.25, 0.3) is 0 Å². The van der Waals surface area contributed by atoms with E-state index in [0.717, 1.165) is 34.1 Å². The molecule has 0 aliphatic carbocycles. The van der Waals surface area contributed by atoms with Crippen molar-refractivity contribution in [2.45, 2.75) is 48.5 Å². The van der Waals surface area contributed by atoms with Crippen LogP contribution >= 0.6 is 11.8 Å². The predicted molar refractivity (Wildman–Crippen MR) is 134 cm³/mol. The fourth-order valence-corrected chi connectivity index (χ4v) is 7.62. The second kappa shape index (κ2) is 10.6. The number of hydrogen-bond donors (Lipinski definition) is 1. The fourth-order valence-electron chi connectivity index (χ4n) is 4.72. The average molecular weight is 505 g/mol. The number of nitrogens with one attached hydrogen (secondary N) is 1. The van der Waals surface area contributed by atoms with E-state index in [2.05, 4.69) is 16.3 Å². The third kappa shape index (κ3) is 6.06. The number of ether oxygens (including phenoxy) is 2. The normalized spacial score (nSPS) is 24.1. The van der Waals surface area contributed by atoms with Crippen LogP contribution in [0.1, 0.15) is 24.0 Å². The molecule has 0 unspecified atom stereocenters. The van der Waals surface area contributed by atoms with Gasteiger partial charge in [0.15, 0.2) is 9.84 Å². The number of methoxy groups -OCH3 is 2. The van der Waals surface area contributed by atoms with Crippen LogP contribution in [0, 0.1) is 6.92 Å². The summed E-state index contributed by atoms with van der Waals surface area (Å²) < 4.78 is 34.3. The first-order valence-electron chi connectivity index (χ1n) is 11.5. The molecule has 7 nitrogen and oxygen atoms in total. The van der Waals surface area contributed by atoms with Gasteiger partial charge in [0.2, 0.25) is 5.91 Å². The van der Waals surface area contributed by atoms with Crippen LogP contribution in [-0.4, -0.2) is 68.8 Å². The monoisotopic (exact) mass is 504 g/mol. The molecule has 9 heteroatoms. The smallest absolute Gasteiger partial charge is 0.237 e. The summed E-state index contributed by atoms with van der Waals surface area (Å²) in [6.45, 7) is 3.42. The molecule has 2 heterocycles. The lowest BCUT2D eigenvalue weighted by atomic mass is 10.1. The molecule has 4 rings (SSSR count). The lowest BCUT2D eigenvalue weighted by Gasteiger charge is -2.25. The molecule has 34 heavy (non-hydrogen) atoms. The van der Waals surface area contributed by atoms with Gasteiger partial charge >= 0.3 is 0 Å². The quantitative estimate of drug-likeness (QED) is 0.591. The van der Waals surface area contributed by atoms with Crippen molar-refractivity contribution in [2.75, 3.05) is 32.3 Å². The highest BCUT2D eigenvalue weighted by atomic mass is 32.2. The Labute approximate surface area is 206 Å². The summed E-state index contributed by atoms with van der Waals surface area (Å²) in [4.78, 5) is 16.6. The van der Waals surface area contributed by atoms with Crippen molar-refractivity contribution in [3.05, 3.63) is 53.6 Å². The molecule has 3 atom stereocenters. The van der Waals surface area contributed by atoms with E-state index in [1.54, 1.807) is 26.0 Å². The Balaban J connectivity index is 1.48. The Morgan fingerprint density at radius 3 is 2.53 bits per heavy atom. The van der Waals surface area contributed by atoms with Crippen LogP contribution in [-0.2, 0) is 21.2 Å². The highest BCUT2D eigenvalue weighted by Crippen LogP contribution is 2.35. The number of benzene rings is 2. The van der Waals surface area contributed by atoms with Crippen LogP contribution in [0.4, 0.5) is 0 Å². The molecule has 2 aliphatic rings. The molecule has 2 aromatic carbocycles. The van der Waals surface area contributed by atoms with Crippen molar-refractivity contribution in [1.82, 2.24) is 10.2 Å². The first-order valence-corrected chi connectivity index (χ1v) is 14.2. The molecule has 1 N–H and O–H groups in total. The molecule has 0 saturated carbocycles. The van der Waals surface area contributed by atoms with Crippen molar-refractivity contribution >= 4 is 27.5 Å². The summed E-state index contributed by atoms with van der Waals surface area (Å²) >= 11 is 1.76. The molecule has 2 aromatic rings. The molecule has 184 valence electrons. The van der Waals surface area contributed by atoms with Gasteiger partial charge in [-0.1, -0.05) is 12.1 Å². The Morgan fingerprint density at radius 2 is 1.91 bits per heavy atom. The van der Waals surface area contributed by atoms with E-state index in [-0.39, 0.29) is 34.7 Å². The van der Waals surface area contributed by atoms with Crippen LogP contribution in [0.3, 0.4) is 0 Å². The van der Waals surface area contributed by atoms with Crippen LogP contribution < -0.4 is 14.8 Å². The first-order chi connectivity index (χ1) is 16.3. The summed E-state index contributed by atoms with van der Waals surface area (Å²) in [6, 6.07) is 13.5. The molecule has 2 saturated heterocycles. The van der Waals surface area contributed by atoms with Crippen molar-refractivity contribution in [3.63, 3.8) is 0 Å².